The highest BCUT2D eigenvalue weighted by Gasteiger charge is 2.44. The molecule has 4 rings (SSSR count). The Kier molecular flexibility index (Phi) is 3.49. The van der Waals surface area contributed by atoms with E-state index in [4.69, 9.17) is 9.41 Å². The van der Waals surface area contributed by atoms with Crippen molar-refractivity contribution < 1.29 is 4.42 Å². The van der Waals surface area contributed by atoms with E-state index in [1.54, 1.807) is 0 Å². The molecule has 0 saturated heterocycles. The number of nitrogens with zero attached hydrogens (tertiary/aromatic N) is 1. The van der Waals surface area contributed by atoms with Crippen molar-refractivity contribution in [1.82, 2.24) is 0 Å². The lowest BCUT2D eigenvalue weighted by Crippen LogP contribution is -2.46. The Labute approximate surface area is 153 Å². The van der Waals surface area contributed by atoms with Crippen LogP contribution in [0.4, 0.5) is 0 Å². The fourth-order valence-electron chi connectivity index (χ4n) is 3.93. The largest absolute Gasteiger partial charge is 0.464 e. The van der Waals surface area contributed by atoms with Gasteiger partial charge in [0.25, 0.3) is 0 Å². The molecule has 3 aromatic rings. The smallest absolute Gasteiger partial charge is 0.192 e. The molecule has 1 aromatic heterocycles. The Bertz CT molecular complexity index is 1120. The summed E-state index contributed by atoms with van der Waals surface area (Å²) in [5.74, 6) is 0. The van der Waals surface area contributed by atoms with Crippen molar-refractivity contribution in [2.75, 3.05) is 0 Å². The quantitative estimate of drug-likeness (QED) is 0.622. The van der Waals surface area contributed by atoms with Crippen molar-refractivity contribution in [3.05, 3.63) is 81.2 Å². The third-order valence-corrected chi connectivity index (χ3v) is 6.01. The highest BCUT2D eigenvalue weighted by Crippen LogP contribution is 2.45. The van der Waals surface area contributed by atoms with Gasteiger partial charge in [-0.15, -0.1) is 0 Å². The summed E-state index contributed by atoms with van der Waals surface area (Å²) in [5, 5.41) is 0.588. The first kappa shape index (κ1) is 16.8. The van der Waals surface area contributed by atoms with Gasteiger partial charge in [0.05, 0.1) is 22.9 Å². The standard InChI is InChI=1S/C23H23NO2/c1-14-7-6-8-16-20(14)22(2,3)23(4,5)24-21(16)15-9-10-19-17(13-15)18(25)11-12-26-19/h6-13H,1-5H3. The van der Waals surface area contributed by atoms with E-state index in [1.165, 1.54) is 23.5 Å². The van der Waals surface area contributed by atoms with E-state index in [0.29, 0.717) is 11.0 Å². The molecule has 0 aliphatic carbocycles. The first-order chi connectivity index (χ1) is 12.2. The SMILES string of the molecule is Cc1cccc2c1C(C)(C)C(C)(C)N=C2c1ccc2occc(=O)c2c1. The maximum absolute atomic E-state index is 12.2. The summed E-state index contributed by atoms with van der Waals surface area (Å²) in [7, 11) is 0. The maximum atomic E-state index is 12.2. The first-order valence-corrected chi connectivity index (χ1v) is 8.95. The number of hydrogen-bond donors (Lipinski definition) is 0. The summed E-state index contributed by atoms with van der Waals surface area (Å²) in [4.78, 5) is 17.4. The van der Waals surface area contributed by atoms with E-state index >= 15 is 0 Å². The number of fused-ring (bicyclic) bond motifs is 2. The van der Waals surface area contributed by atoms with E-state index in [2.05, 4.69) is 52.8 Å². The van der Waals surface area contributed by atoms with E-state index in [1.807, 2.05) is 18.2 Å². The van der Waals surface area contributed by atoms with Crippen LogP contribution in [0.5, 0.6) is 0 Å². The number of benzene rings is 2. The van der Waals surface area contributed by atoms with Crippen LogP contribution in [-0.4, -0.2) is 11.3 Å². The summed E-state index contributed by atoms with van der Waals surface area (Å²) in [6.07, 6.45) is 1.44. The van der Waals surface area contributed by atoms with Crippen molar-refractivity contribution >= 4 is 16.7 Å². The minimum atomic E-state index is -0.266. The van der Waals surface area contributed by atoms with Crippen LogP contribution in [0.1, 0.15) is 49.9 Å². The molecular weight excluding hydrogens is 322 g/mol. The fraction of sp³-hybridized carbons (Fsp3) is 0.304. The second-order valence-corrected chi connectivity index (χ2v) is 8.14. The first-order valence-electron chi connectivity index (χ1n) is 8.95. The lowest BCUT2D eigenvalue weighted by Gasteiger charge is -2.45. The lowest BCUT2D eigenvalue weighted by molar-refractivity contribution is 0.302. The zero-order valence-corrected chi connectivity index (χ0v) is 15.9. The van der Waals surface area contributed by atoms with Gasteiger partial charge in [-0.25, -0.2) is 0 Å². The molecule has 3 nitrogen and oxygen atoms in total. The van der Waals surface area contributed by atoms with E-state index in [0.717, 1.165) is 16.8 Å². The molecule has 0 amide bonds. The number of rotatable bonds is 1. The monoisotopic (exact) mass is 345 g/mol. The van der Waals surface area contributed by atoms with Crippen molar-refractivity contribution in [2.24, 2.45) is 4.99 Å². The molecule has 0 N–H and O–H groups in total. The predicted molar refractivity (Wildman–Crippen MR) is 106 cm³/mol. The van der Waals surface area contributed by atoms with Gasteiger partial charge in [-0.1, -0.05) is 32.0 Å². The van der Waals surface area contributed by atoms with Crippen molar-refractivity contribution in [3.63, 3.8) is 0 Å². The van der Waals surface area contributed by atoms with Crippen LogP contribution in [0.2, 0.25) is 0 Å². The second-order valence-electron chi connectivity index (χ2n) is 8.14. The molecule has 2 aromatic carbocycles. The van der Waals surface area contributed by atoms with Crippen LogP contribution in [0.3, 0.4) is 0 Å². The van der Waals surface area contributed by atoms with Crippen LogP contribution in [0.15, 0.2) is 62.9 Å². The molecule has 0 fully saturated rings. The van der Waals surface area contributed by atoms with Gasteiger partial charge in [-0.05, 0) is 50.1 Å². The Morgan fingerprint density at radius 2 is 1.77 bits per heavy atom. The van der Waals surface area contributed by atoms with Crippen molar-refractivity contribution in [2.45, 2.75) is 45.6 Å². The minimum Gasteiger partial charge on any atom is -0.464 e. The van der Waals surface area contributed by atoms with Gasteiger partial charge < -0.3 is 4.42 Å². The zero-order chi connectivity index (χ0) is 18.7. The molecule has 2 heterocycles. The molecule has 1 aliphatic heterocycles. The van der Waals surface area contributed by atoms with Gasteiger partial charge in [0.2, 0.25) is 0 Å². The Hall–Kier alpha value is -2.68. The van der Waals surface area contributed by atoms with Crippen LogP contribution in [-0.2, 0) is 5.41 Å². The number of aliphatic imine (C=N–C) groups is 1. The molecule has 132 valence electrons. The van der Waals surface area contributed by atoms with Gasteiger partial charge in [-0.2, -0.15) is 0 Å². The van der Waals surface area contributed by atoms with Crippen LogP contribution in [0, 0.1) is 6.92 Å². The molecule has 26 heavy (non-hydrogen) atoms. The third kappa shape index (κ3) is 2.27. The van der Waals surface area contributed by atoms with Crippen LogP contribution < -0.4 is 5.43 Å². The van der Waals surface area contributed by atoms with E-state index in [-0.39, 0.29) is 16.4 Å². The molecule has 1 aliphatic rings. The summed E-state index contributed by atoms with van der Waals surface area (Å²) in [6, 6.07) is 13.6. The molecular formula is C23H23NO2. The van der Waals surface area contributed by atoms with E-state index in [9.17, 15) is 4.79 Å². The topological polar surface area (TPSA) is 42.6 Å². The van der Waals surface area contributed by atoms with Crippen molar-refractivity contribution in [1.29, 1.82) is 0 Å². The fourth-order valence-corrected chi connectivity index (χ4v) is 3.93. The summed E-state index contributed by atoms with van der Waals surface area (Å²) in [5.41, 5.74) is 5.85. The van der Waals surface area contributed by atoms with Crippen LogP contribution in [0.25, 0.3) is 11.0 Å². The average Bonchev–Trinajstić information content (AvgIpc) is 2.58. The second kappa shape index (κ2) is 5.41. The minimum absolute atomic E-state index is 0.0337. The molecule has 3 heteroatoms. The Morgan fingerprint density at radius 3 is 2.54 bits per heavy atom. The van der Waals surface area contributed by atoms with E-state index < -0.39 is 0 Å². The Morgan fingerprint density at radius 1 is 1.00 bits per heavy atom. The highest BCUT2D eigenvalue weighted by molar-refractivity contribution is 6.16. The third-order valence-electron chi connectivity index (χ3n) is 6.01. The Balaban J connectivity index is 2.03. The summed E-state index contributed by atoms with van der Waals surface area (Å²) < 4.78 is 5.46. The average molecular weight is 345 g/mol. The lowest BCUT2D eigenvalue weighted by atomic mass is 9.64. The summed E-state index contributed by atoms with van der Waals surface area (Å²) in [6.45, 7) is 11.0. The number of aryl methyl sites for hydroxylation is 1. The van der Waals surface area contributed by atoms with Crippen molar-refractivity contribution in [3.8, 4) is 0 Å². The molecule has 0 saturated carbocycles. The van der Waals surface area contributed by atoms with Gasteiger partial charge in [-0.3, -0.25) is 9.79 Å². The predicted octanol–water partition coefficient (Wildman–Crippen LogP) is 5.01. The highest BCUT2D eigenvalue weighted by atomic mass is 16.3. The zero-order valence-electron chi connectivity index (χ0n) is 15.9. The molecule has 0 radical (unpaired) electrons. The summed E-state index contributed by atoms with van der Waals surface area (Å²) >= 11 is 0. The normalized spacial score (nSPS) is 17.7. The molecule has 0 bridgehead atoms. The van der Waals surface area contributed by atoms with Gasteiger partial charge in [0.15, 0.2) is 5.43 Å². The molecule has 0 atom stereocenters. The molecule has 0 unspecified atom stereocenters. The van der Waals surface area contributed by atoms with Crippen LogP contribution >= 0.6 is 0 Å². The van der Waals surface area contributed by atoms with Gasteiger partial charge in [0.1, 0.15) is 5.58 Å². The number of hydrogen-bond acceptors (Lipinski definition) is 3. The molecule has 0 spiro atoms. The van der Waals surface area contributed by atoms with Gasteiger partial charge in [0, 0.05) is 22.6 Å². The van der Waals surface area contributed by atoms with Gasteiger partial charge >= 0.3 is 0 Å². The maximum Gasteiger partial charge on any atom is 0.192 e.